The van der Waals surface area contributed by atoms with E-state index in [1.54, 1.807) is 12.1 Å². The van der Waals surface area contributed by atoms with E-state index >= 15 is 0 Å². The van der Waals surface area contributed by atoms with Gasteiger partial charge in [-0.15, -0.1) is 0 Å². The number of hydrogen-bond acceptors (Lipinski definition) is 5. The molecular weight excluding hydrogens is 344 g/mol. The minimum atomic E-state index is -0.552. The van der Waals surface area contributed by atoms with E-state index in [-0.39, 0.29) is 17.9 Å². The van der Waals surface area contributed by atoms with Gasteiger partial charge in [0.25, 0.3) is 5.69 Å². The molecule has 1 saturated heterocycles. The lowest BCUT2D eigenvalue weighted by Gasteiger charge is -2.28. The maximum Gasteiger partial charge on any atom is 0.338 e. The van der Waals surface area contributed by atoms with Crippen molar-refractivity contribution in [3.05, 3.63) is 68.8 Å². The van der Waals surface area contributed by atoms with Crippen molar-refractivity contribution in [2.45, 2.75) is 39.7 Å². The molecule has 3 rings (SSSR count). The number of carbonyl (C=O) groups excluding carboxylic acids is 1. The number of carbonyl (C=O) groups is 1. The fraction of sp³-hybridized carbons (Fsp3) is 0.381. The summed E-state index contributed by atoms with van der Waals surface area (Å²) in [5, 5.41) is 11.5. The van der Waals surface area contributed by atoms with Crippen molar-refractivity contribution in [1.82, 2.24) is 0 Å². The largest absolute Gasteiger partial charge is 0.457 e. The first-order valence-electron chi connectivity index (χ1n) is 9.22. The Labute approximate surface area is 158 Å². The molecule has 0 aliphatic carbocycles. The molecule has 2 aromatic rings. The van der Waals surface area contributed by atoms with E-state index in [1.807, 2.05) is 36.9 Å². The van der Waals surface area contributed by atoms with Gasteiger partial charge in [0.15, 0.2) is 0 Å². The standard InChI is InChI=1S/C21H24N2O4/c1-15-6-7-16(2)18(12-15)14-27-21(24)17-8-9-19(20(13-17)23(25)26)22-10-4-3-5-11-22/h6-9,12-13H,3-5,10-11,14H2,1-2H3. The molecule has 1 heterocycles. The Morgan fingerprint density at radius 3 is 2.56 bits per heavy atom. The normalized spacial score (nSPS) is 14.1. The van der Waals surface area contributed by atoms with Crippen molar-refractivity contribution >= 4 is 17.3 Å². The first-order chi connectivity index (χ1) is 13.0. The second-order valence-corrected chi connectivity index (χ2v) is 7.01. The smallest absolute Gasteiger partial charge is 0.338 e. The number of nitrogens with zero attached hydrogens (tertiary/aromatic N) is 2. The summed E-state index contributed by atoms with van der Waals surface area (Å²) in [7, 11) is 0. The van der Waals surface area contributed by atoms with E-state index in [0.717, 1.165) is 49.0 Å². The second-order valence-electron chi connectivity index (χ2n) is 7.01. The van der Waals surface area contributed by atoms with Gasteiger partial charge in [-0.1, -0.05) is 23.8 Å². The van der Waals surface area contributed by atoms with Crippen molar-refractivity contribution in [2.75, 3.05) is 18.0 Å². The quantitative estimate of drug-likeness (QED) is 0.439. The average molecular weight is 368 g/mol. The molecule has 27 heavy (non-hydrogen) atoms. The number of piperidine rings is 1. The van der Waals surface area contributed by atoms with Gasteiger partial charge in [0.2, 0.25) is 0 Å². The maximum atomic E-state index is 12.4. The molecule has 0 spiro atoms. The van der Waals surface area contributed by atoms with Gasteiger partial charge in [-0.3, -0.25) is 10.1 Å². The molecule has 0 saturated carbocycles. The Balaban J connectivity index is 1.77. The maximum absolute atomic E-state index is 12.4. The van der Waals surface area contributed by atoms with Gasteiger partial charge in [0, 0.05) is 19.2 Å². The van der Waals surface area contributed by atoms with Crippen LogP contribution in [0.25, 0.3) is 0 Å². The number of ether oxygens (including phenoxy) is 1. The van der Waals surface area contributed by atoms with Gasteiger partial charge in [-0.05, 0) is 56.4 Å². The summed E-state index contributed by atoms with van der Waals surface area (Å²) >= 11 is 0. The summed E-state index contributed by atoms with van der Waals surface area (Å²) < 4.78 is 5.39. The van der Waals surface area contributed by atoms with Crippen LogP contribution in [0.4, 0.5) is 11.4 Å². The van der Waals surface area contributed by atoms with Crippen LogP contribution in [-0.4, -0.2) is 24.0 Å². The molecule has 1 aliphatic rings. The zero-order valence-electron chi connectivity index (χ0n) is 15.7. The fourth-order valence-electron chi connectivity index (χ4n) is 3.38. The number of nitro groups is 1. The van der Waals surface area contributed by atoms with Crippen LogP contribution >= 0.6 is 0 Å². The third-order valence-corrected chi connectivity index (χ3v) is 4.97. The number of hydrogen-bond donors (Lipinski definition) is 0. The summed E-state index contributed by atoms with van der Waals surface area (Å²) in [6, 6.07) is 10.6. The molecule has 0 aromatic heterocycles. The van der Waals surface area contributed by atoms with Crippen molar-refractivity contribution < 1.29 is 14.5 Å². The first kappa shape index (κ1) is 18.9. The predicted octanol–water partition coefficient (Wildman–Crippen LogP) is 4.56. The summed E-state index contributed by atoms with van der Waals surface area (Å²) in [6.45, 7) is 5.69. The Kier molecular flexibility index (Phi) is 5.74. The van der Waals surface area contributed by atoms with Crippen molar-refractivity contribution in [1.29, 1.82) is 0 Å². The zero-order chi connectivity index (χ0) is 19.4. The van der Waals surface area contributed by atoms with Gasteiger partial charge >= 0.3 is 5.97 Å². The molecule has 6 heteroatoms. The van der Waals surface area contributed by atoms with E-state index in [0.29, 0.717) is 5.69 Å². The first-order valence-corrected chi connectivity index (χ1v) is 9.22. The number of nitro benzene ring substituents is 1. The number of benzene rings is 2. The van der Waals surface area contributed by atoms with Crippen LogP contribution in [0.3, 0.4) is 0 Å². The molecule has 0 N–H and O–H groups in total. The van der Waals surface area contributed by atoms with Gasteiger partial charge < -0.3 is 9.64 Å². The number of esters is 1. The van der Waals surface area contributed by atoms with Crippen molar-refractivity contribution in [2.24, 2.45) is 0 Å². The highest BCUT2D eigenvalue weighted by atomic mass is 16.6. The lowest BCUT2D eigenvalue weighted by atomic mass is 10.1. The van der Waals surface area contributed by atoms with E-state index in [2.05, 4.69) is 0 Å². The molecular formula is C21H24N2O4. The van der Waals surface area contributed by atoms with Crippen LogP contribution in [-0.2, 0) is 11.3 Å². The average Bonchev–Trinajstić information content (AvgIpc) is 2.68. The third-order valence-electron chi connectivity index (χ3n) is 4.97. The van der Waals surface area contributed by atoms with Gasteiger partial charge in [-0.25, -0.2) is 4.79 Å². The molecule has 0 bridgehead atoms. The van der Waals surface area contributed by atoms with E-state index in [1.165, 1.54) is 6.07 Å². The van der Waals surface area contributed by atoms with E-state index < -0.39 is 10.9 Å². The minimum Gasteiger partial charge on any atom is -0.457 e. The number of rotatable bonds is 5. The molecule has 2 aromatic carbocycles. The molecule has 0 atom stereocenters. The highest BCUT2D eigenvalue weighted by Gasteiger charge is 2.23. The van der Waals surface area contributed by atoms with Crippen molar-refractivity contribution in [3.63, 3.8) is 0 Å². The zero-order valence-corrected chi connectivity index (χ0v) is 15.7. The fourth-order valence-corrected chi connectivity index (χ4v) is 3.38. The second kappa shape index (κ2) is 8.20. The lowest BCUT2D eigenvalue weighted by Crippen LogP contribution is -2.30. The minimum absolute atomic E-state index is 0.0434. The van der Waals surface area contributed by atoms with E-state index in [9.17, 15) is 14.9 Å². The van der Waals surface area contributed by atoms with Crippen LogP contribution in [0.2, 0.25) is 0 Å². The van der Waals surface area contributed by atoms with Crippen LogP contribution in [0, 0.1) is 24.0 Å². The molecule has 0 amide bonds. The summed E-state index contributed by atoms with van der Waals surface area (Å²) in [6.07, 6.45) is 3.20. The molecule has 0 unspecified atom stereocenters. The SMILES string of the molecule is Cc1ccc(C)c(COC(=O)c2ccc(N3CCCCC3)c([N+](=O)[O-])c2)c1. The van der Waals surface area contributed by atoms with Crippen LogP contribution in [0.15, 0.2) is 36.4 Å². The van der Waals surface area contributed by atoms with Crippen molar-refractivity contribution in [3.8, 4) is 0 Å². The lowest BCUT2D eigenvalue weighted by molar-refractivity contribution is -0.384. The van der Waals surface area contributed by atoms with Crippen LogP contribution < -0.4 is 4.90 Å². The Bertz CT molecular complexity index is 857. The number of aryl methyl sites for hydroxylation is 2. The molecule has 0 radical (unpaired) electrons. The third kappa shape index (κ3) is 4.45. The molecule has 1 aliphatic heterocycles. The monoisotopic (exact) mass is 368 g/mol. The molecule has 142 valence electrons. The highest BCUT2D eigenvalue weighted by Crippen LogP contribution is 2.31. The summed E-state index contributed by atoms with van der Waals surface area (Å²) in [4.78, 5) is 25.5. The molecule has 6 nitrogen and oxygen atoms in total. The Morgan fingerprint density at radius 1 is 1.11 bits per heavy atom. The van der Waals surface area contributed by atoms with Gasteiger partial charge in [0.05, 0.1) is 10.5 Å². The van der Waals surface area contributed by atoms with Crippen LogP contribution in [0.5, 0.6) is 0 Å². The molecule has 1 fully saturated rings. The summed E-state index contributed by atoms with van der Waals surface area (Å²) in [5.41, 5.74) is 3.80. The van der Waals surface area contributed by atoms with Gasteiger partial charge in [-0.2, -0.15) is 0 Å². The van der Waals surface area contributed by atoms with Gasteiger partial charge in [0.1, 0.15) is 12.3 Å². The highest BCUT2D eigenvalue weighted by molar-refractivity contribution is 5.91. The summed E-state index contributed by atoms with van der Waals surface area (Å²) in [5.74, 6) is -0.552. The number of anilines is 1. The van der Waals surface area contributed by atoms with E-state index in [4.69, 9.17) is 4.74 Å². The predicted molar refractivity (Wildman–Crippen MR) is 104 cm³/mol. The Morgan fingerprint density at radius 2 is 1.85 bits per heavy atom. The topological polar surface area (TPSA) is 72.7 Å². The van der Waals surface area contributed by atoms with Crippen LogP contribution in [0.1, 0.15) is 46.3 Å². The Hall–Kier alpha value is -2.89.